The highest BCUT2D eigenvalue weighted by molar-refractivity contribution is 5.78. The smallest absolute Gasteiger partial charge is 0.223 e. The van der Waals surface area contributed by atoms with Crippen LogP contribution >= 0.6 is 0 Å². The summed E-state index contributed by atoms with van der Waals surface area (Å²) in [6, 6.07) is 0. The molecule has 2 saturated heterocycles. The van der Waals surface area contributed by atoms with Crippen molar-refractivity contribution in [3.63, 3.8) is 0 Å². The molecule has 2 heterocycles. The maximum atomic E-state index is 12.0. The average Bonchev–Trinajstić information content (AvgIpc) is 2.75. The van der Waals surface area contributed by atoms with Crippen LogP contribution in [0.15, 0.2) is 0 Å². The summed E-state index contributed by atoms with van der Waals surface area (Å²) in [5.41, 5.74) is 0.297. The molecule has 3 heteroatoms. The van der Waals surface area contributed by atoms with E-state index in [2.05, 4.69) is 44.4 Å². The zero-order valence-electron chi connectivity index (χ0n) is 14.0. The van der Waals surface area contributed by atoms with Gasteiger partial charge in [0.1, 0.15) is 0 Å². The van der Waals surface area contributed by atoms with Gasteiger partial charge in [0.15, 0.2) is 0 Å². The van der Waals surface area contributed by atoms with Crippen LogP contribution in [0.1, 0.15) is 66.7 Å². The highest BCUT2D eigenvalue weighted by Crippen LogP contribution is 2.33. The fourth-order valence-electron chi connectivity index (χ4n) is 3.95. The molecule has 2 aliphatic rings. The summed E-state index contributed by atoms with van der Waals surface area (Å²) in [5.74, 6) is 1.09. The first-order valence-electron chi connectivity index (χ1n) is 8.26. The van der Waals surface area contributed by atoms with Gasteiger partial charge >= 0.3 is 0 Å². The Hall–Kier alpha value is -0.570. The summed E-state index contributed by atoms with van der Waals surface area (Å²) in [7, 11) is 0. The van der Waals surface area contributed by atoms with Crippen LogP contribution in [0.2, 0.25) is 0 Å². The van der Waals surface area contributed by atoms with E-state index < -0.39 is 0 Å². The molecular weight excluding hydrogens is 248 g/mol. The lowest BCUT2D eigenvalue weighted by Crippen LogP contribution is -2.51. The number of hydrogen-bond donors (Lipinski definition) is 0. The number of nitrogens with zero attached hydrogens (tertiary/aromatic N) is 2. The predicted molar refractivity (Wildman–Crippen MR) is 83.7 cm³/mol. The van der Waals surface area contributed by atoms with Gasteiger partial charge in [0.2, 0.25) is 5.91 Å². The maximum absolute atomic E-state index is 12.0. The van der Waals surface area contributed by atoms with Gasteiger partial charge in [-0.3, -0.25) is 9.69 Å². The largest absolute Gasteiger partial charge is 0.338 e. The van der Waals surface area contributed by atoms with Crippen LogP contribution in [-0.4, -0.2) is 46.4 Å². The molecule has 3 nitrogen and oxygen atoms in total. The van der Waals surface area contributed by atoms with Crippen molar-refractivity contribution in [2.24, 2.45) is 5.92 Å². The molecule has 1 unspecified atom stereocenters. The second-order valence-electron chi connectivity index (χ2n) is 8.29. The van der Waals surface area contributed by atoms with E-state index in [1.165, 1.54) is 25.9 Å². The molecule has 2 rings (SSSR count). The summed E-state index contributed by atoms with van der Waals surface area (Å²) < 4.78 is 0. The van der Waals surface area contributed by atoms with Crippen LogP contribution < -0.4 is 0 Å². The van der Waals surface area contributed by atoms with Gasteiger partial charge in [-0.1, -0.05) is 0 Å². The van der Waals surface area contributed by atoms with Crippen molar-refractivity contribution in [1.82, 2.24) is 9.80 Å². The molecule has 0 saturated carbocycles. The third-order valence-electron chi connectivity index (χ3n) is 5.06. The minimum Gasteiger partial charge on any atom is -0.338 e. The molecule has 0 aromatic rings. The number of amides is 1. The number of rotatable bonds is 3. The minimum absolute atomic E-state index is 0.0269. The Morgan fingerprint density at radius 2 is 1.80 bits per heavy atom. The molecule has 1 atom stereocenters. The molecule has 0 aromatic carbocycles. The maximum Gasteiger partial charge on any atom is 0.223 e. The summed E-state index contributed by atoms with van der Waals surface area (Å²) >= 11 is 0. The summed E-state index contributed by atoms with van der Waals surface area (Å²) in [6.07, 6.45) is 5.55. The van der Waals surface area contributed by atoms with E-state index in [0.29, 0.717) is 5.91 Å². The normalized spacial score (nSPS) is 26.4. The second kappa shape index (κ2) is 5.67. The van der Waals surface area contributed by atoms with Crippen molar-refractivity contribution in [3.8, 4) is 0 Å². The lowest BCUT2D eigenvalue weighted by molar-refractivity contribution is -0.133. The molecule has 0 N–H and O–H groups in total. The van der Waals surface area contributed by atoms with E-state index in [9.17, 15) is 4.79 Å². The zero-order chi connectivity index (χ0) is 15.0. The summed E-state index contributed by atoms with van der Waals surface area (Å²) in [5, 5.41) is 0. The third kappa shape index (κ3) is 3.55. The quantitative estimate of drug-likeness (QED) is 0.792. The van der Waals surface area contributed by atoms with Gasteiger partial charge in [-0.05, 0) is 72.8 Å². The Balaban J connectivity index is 1.96. The molecule has 0 bridgehead atoms. The van der Waals surface area contributed by atoms with E-state index in [4.69, 9.17) is 0 Å². The van der Waals surface area contributed by atoms with Crippen molar-refractivity contribution in [1.29, 1.82) is 0 Å². The minimum atomic E-state index is 0.0269. The lowest BCUT2D eigenvalue weighted by atomic mass is 9.83. The van der Waals surface area contributed by atoms with Gasteiger partial charge in [-0.15, -0.1) is 0 Å². The fraction of sp³-hybridized carbons (Fsp3) is 0.941. The van der Waals surface area contributed by atoms with Crippen LogP contribution in [0, 0.1) is 5.92 Å². The van der Waals surface area contributed by atoms with E-state index in [1.807, 2.05) is 0 Å². The molecule has 116 valence electrons. The van der Waals surface area contributed by atoms with Gasteiger partial charge in [0.25, 0.3) is 0 Å². The number of likely N-dealkylation sites (tertiary alicyclic amines) is 2. The first-order chi connectivity index (χ1) is 9.20. The number of hydrogen-bond acceptors (Lipinski definition) is 2. The average molecular weight is 280 g/mol. The van der Waals surface area contributed by atoms with E-state index >= 15 is 0 Å². The topological polar surface area (TPSA) is 23.6 Å². The van der Waals surface area contributed by atoms with Gasteiger partial charge in [0, 0.05) is 30.6 Å². The molecule has 0 aliphatic carbocycles. The van der Waals surface area contributed by atoms with Crippen molar-refractivity contribution >= 4 is 5.91 Å². The lowest BCUT2D eigenvalue weighted by Gasteiger charge is -2.45. The summed E-state index contributed by atoms with van der Waals surface area (Å²) in [4.78, 5) is 16.7. The van der Waals surface area contributed by atoms with Gasteiger partial charge in [-0.2, -0.15) is 0 Å². The SMILES string of the molecule is CC(C)(C)N1CCCC(CC(C)(C)N2CCCC2=O)C1. The van der Waals surface area contributed by atoms with Crippen LogP contribution in [0.3, 0.4) is 0 Å². The van der Waals surface area contributed by atoms with Crippen LogP contribution in [0.25, 0.3) is 0 Å². The van der Waals surface area contributed by atoms with Crippen molar-refractivity contribution < 1.29 is 4.79 Å². The second-order valence-corrected chi connectivity index (χ2v) is 8.29. The van der Waals surface area contributed by atoms with E-state index in [1.54, 1.807) is 0 Å². The monoisotopic (exact) mass is 280 g/mol. The van der Waals surface area contributed by atoms with Crippen molar-refractivity contribution in [3.05, 3.63) is 0 Å². The summed E-state index contributed by atoms with van der Waals surface area (Å²) in [6.45, 7) is 14.8. The molecular formula is C17H32N2O. The Morgan fingerprint density at radius 3 is 2.35 bits per heavy atom. The molecule has 20 heavy (non-hydrogen) atoms. The van der Waals surface area contributed by atoms with Gasteiger partial charge < -0.3 is 4.90 Å². The zero-order valence-corrected chi connectivity index (χ0v) is 14.0. The molecule has 0 spiro atoms. The first kappa shape index (κ1) is 15.8. The Kier molecular flexibility index (Phi) is 4.48. The molecule has 0 radical (unpaired) electrons. The number of carbonyl (C=O) groups is 1. The van der Waals surface area contributed by atoms with Gasteiger partial charge in [0.05, 0.1) is 0 Å². The van der Waals surface area contributed by atoms with E-state index in [-0.39, 0.29) is 11.1 Å². The standard InChI is InChI=1S/C17H32N2O/c1-16(2,3)18-10-6-8-14(13-18)12-17(4,5)19-11-7-9-15(19)20/h14H,6-13H2,1-5H3. The molecule has 1 amide bonds. The van der Waals surface area contributed by atoms with Crippen LogP contribution in [-0.2, 0) is 4.79 Å². The number of carbonyl (C=O) groups excluding carboxylic acids is 1. The van der Waals surface area contributed by atoms with Crippen molar-refractivity contribution in [2.45, 2.75) is 77.8 Å². The van der Waals surface area contributed by atoms with Gasteiger partial charge in [-0.25, -0.2) is 0 Å². The number of piperidine rings is 1. The highest BCUT2D eigenvalue weighted by Gasteiger charge is 2.37. The Labute approximate surface area is 124 Å². The Bertz CT molecular complexity index is 356. The predicted octanol–water partition coefficient (Wildman–Crippen LogP) is 3.29. The fourth-order valence-corrected chi connectivity index (χ4v) is 3.95. The third-order valence-corrected chi connectivity index (χ3v) is 5.06. The van der Waals surface area contributed by atoms with Crippen LogP contribution in [0.4, 0.5) is 0 Å². The molecule has 0 aromatic heterocycles. The molecule has 2 fully saturated rings. The van der Waals surface area contributed by atoms with E-state index in [0.717, 1.165) is 31.7 Å². The first-order valence-corrected chi connectivity index (χ1v) is 8.26. The highest BCUT2D eigenvalue weighted by atomic mass is 16.2. The van der Waals surface area contributed by atoms with Crippen molar-refractivity contribution in [2.75, 3.05) is 19.6 Å². The molecule has 2 aliphatic heterocycles. The van der Waals surface area contributed by atoms with Crippen LogP contribution in [0.5, 0.6) is 0 Å². The Morgan fingerprint density at radius 1 is 1.10 bits per heavy atom.